The normalized spacial score (nSPS) is 38.2. The van der Waals surface area contributed by atoms with Crippen molar-refractivity contribution in [1.82, 2.24) is 0 Å². The zero-order valence-electron chi connectivity index (χ0n) is 21.2. The molecular formula is C20H48O2Si6. The van der Waals surface area contributed by atoms with E-state index in [1.807, 2.05) is 0 Å². The predicted molar refractivity (Wildman–Crippen MR) is 142 cm³/mol. The standard InChI is InChI=1S/C20H48O2Si6/c1-14-15-16-17-19-23(2,3)26(8,9)20(18(21)22,27(10,11)24(19,4)5)28(12,13)25(19,6)7/h14-17H2,1-13H3,(H,21,22). The molecular weight excluding hydrogens is 441 g/mol. The summed E-state index contributed by atoms with van der Waals surface area (Å²) in [5.74, 6) is -0.318. The van der Waals surface area contributed by atoms with Gasteiger partial charge in [-0.1, -0.05) is 111 Å². The molecule has 3 heterocycles. The Bertz CT molecular complexity index is 606. The largest absolute Gasteiger partial charge is 0.481 e. The molecule has 1 N–H and O–H groups in total. The molecule has 0 amide bonds. The Balaban J connectivity index is 3.11. The van der Waals surface area contributed by atoms with Gasteiger partial charge in [-0.05, 0) is 4.28 Å². The molecule has 0 aliphatic carbocycles. The molecule has 0 spiro atoms. The lowest BCUT2D eigenvalue weighted by Crippen LogP contribution is -3.04. The lowest BCUT2D eigenvalue weighted by Gasteiger charge is -2.88. The first-order valence-corrected chi connectivity index (χ1v) is 32.5. The van der Waals surface area contributed by atoms with Crippen molar-refractivity contribution in [3.8, 4) is 0 Å². The van der Waals surface area contributed by atoms with Gasteiger partial charge < -0.3 is 5.11 Å². The van der Waals surface area contributed by atoms with E-state index in [0.717, 1.165) is 0 Å². The van der Waals surface area contributed by atoms with Gasteiger partial charge in [0.1, 0.15) is 0 Å². The van der Waals surface area contributed by atoms with Crippen molar-refractivity contribution >= 4 is 51.5 Å². The number of hydrogen-bond donors (Lipinski definition) is 1. The number of carboxylic acid groups (broad SMARTS) is 1. The van der Waals surface area contributed by atoms with E-state index in [4.69, 9.17) is 0 Å². The molecule has 0 unspecified atom stereocenters. The van der Waals surface area contributed by atoms with E-state index in [0.29, 0.717) is 4.28 Å². The molecule has 0 atom stereocenters. The highest BCUT2D eigenvalue weighted by Gasteiger charge is 2.93. The first kappa shape index (κ1) is 25.0. The fraction of sp³-hybridized carbons (Fsp3) is 0.950. The highest BCUT2D eigenvalue weighted by molar-refractivity contribution is 7.78. The molecule has 3 rings (SSSR count). The third-order valence-corrected chi connectivity index (χ3v) is 102. The third-order valence-electron chi connectivity index (χ3n) is 12.2. The van der Waals surface area contributed by atoms with Crippen molar-refractivity contribution in [1.29, 1.82) is 0 Å². The summed E-state index contributed by atoms with van der Waals surface area (Å²) in [5.41, 5.74) is 0. The molecule has 0 saturated carbocycles. The second-order valence-corrected chi connectivity index (χ2v) is 63.0. The van der Waals surface area contributed by atoms with Crippen LogP contribution in [0.1, 0.15) is 32.6 Å². The molecule has 3 saturated heterocycles. The zero-order valence-corrected chi connectivity index (χ0v) is 27.2. The summed E-state index contributed by atoms with van der Waals surface area (Å²) in [5, 5.41) is 11.2. The number of carboxylic acids is 1. The Labute approximate surface area is 180 Å². The lowest BCUT2D eigenvalue weighted by atomic mass is 10.2. The molecule has 0 aromatic rings. The smallest absolute Gasteiger partial charge is 0.300 e. The molecule has 164 valence electrons. The molecule has 28 heavy (non-hydrogen) atoms. The van der Waals surface area contributed by atoms with Crippen molar-refractivity contribution in [2.45, 2.75) is 120 Å². The highest BCUT2D eigenvalue weighted by Crippen LogP contribution is 2.81. The summed E-state index contributed by atoms with van der Waals surface area (Å²) >= 11 is 0. The molecule has 3 aliphatic rings. The second-order valence-electron chi connectivity index (χ2n) is 13.2. The third kappa shape index (κ3) is 2.02. The Kier molecular flexibility index (Phi) is 5.72. The van der Waals surface area contributed by atoms with Crippen LogP contribution in [-0.4, -0.2) is 56.6 Å². The van der Waals surface area contributed by atoms with E-state index >= 15 is 0 Å². The van der Waals surface area contributed by atoms with E-state index in [-0.39, 0.29) is 10.3 Å². The van der Waals surface area contributed by atoms with Crippen LogP contribution >= 0.6 is 0 Å². The fourth-order valence-electron chi connectivity index (χ4n) is 10.1. The van der Waals surface area contributed by atoms with Crippen LogP contribution in [0, 0.1) is 0 Å². The maximum absolute atomic E-state index is 13.6. The van der Waals surface area contributed by atoms with Crippen LogP contribution in [-0.2, 0) is 4.79 Å². The van der Waals surface area contributed by atoms with Crippen LogP contribution in [0.15, 0.2) is 0 Å². The number of aliphatic carboxylic acids is 1. The van der Waals surface area contributed by atoms with Gasteiger partial charge in [0.05, 0.1) is 22.8 Å². The molecule has 3 aliphatic heterocycles. The van der Waals surface area contributed by atoms with Crippen molar-refractivity contribution < 1.29 is 9.90 Å². The minimum absolute atomic E-state index is 0.235. The minimum atomic E-state index is -1.96. The summed E-state index contributed by atoms with van der Waals surface area (Å²) in [6, 6.07) is 0. The van der Waals surface area contributed by atoms with Gasteiger partial charge in [0, 0.05) is 27.1 Å². The minimum Gasteiger partial charge on any atom is -0.481 e. The lowest BCUT2D eigenvalue weighted by molar-refractivity contribution is -0.136. The van der Waals surface area contributed by atoms with Gasteiger partial charge in [-0.15, -0.1) is 0 Å². The van der Waals surface area contributed by atoms with Crippen molar-refractivity contribution in [3.63, 3.8) is 0 Å². The summed E-state index contributed by atoms with van der Waals surface area (Å²) < 4.78 is 0.390. The topological polar surface area (TPSA) is 37.3 Å². The number of fused-ring (bicyclic) bond motifs is 3. The van der Waals surface area contributed by atoms with Gasteiger partial charge in [-0.2, -0.15) is 0 Å². The molecule has 3 fully saturated rings. The van der Waals surface area contributed by atoms with Gasteiger partial charge in [0.15, 0.2) is 0 Å². The van der Waals surface area contributed by atoms with Crippen LogP contribution in [0.25, 0.3) is 0 Å². The van der Waals surface area contributed by atoms with Gasteiger partial charge in [-0.3, -0.25) is 4.79 Å². The van der Waals surface area contributed by atoms with Crippen LogP contribution < -0.4 is 0 Å². The SMILES string of the molecule is CCCCCC12[Si](C)(C)[Si](C)(C)C(C(=O)O)([Si](C)(C)[Si]1(C)C)[Si](C)(C)[Si]2(C)C. The Morgan fingerprint density at radius 1 is 0.643 bits per heavy atom. The number of unbranched alkanes of at least 4 members (excludes halogenated alkanes) is 2. The highest BCUT2D eigenvalue weighted by atomic mass is 29.4. The Hall–Kier alpha value is 0.771. The molecule has 0 aromatic heterocycles. The molecule has 8 heteroatoms. The number of carbonyl (C=O) groups is 1. The predicted octanol–water partition coefficient (Wildman–Crippen LogP) is 6.80. The van der Waals surface area contributed by atoms with Crippen LogP contribution in [0.3, 0.4) is 0 Å². The van der Waals surface area contributed by atoms with Crippen LogP contribution in [0.4, 0.5) is 0 Å². The molecule has 0 aromatic carbocycles. The number of rotatable bonds is 5. The van der Waals surface area contributed by atoms with E-state index in [2.05, 4.69) is 85.5 Å². The van der Waals surface area contributed by atoms with Gasteiger partial charge >= 0.3 is 5.97 Å². The molecule has 2 nitrogen and oxygen atoms in total. The van der Waals surface area contributed by atoms with Crippen molar-refractivity contribution in [2.75, 3.05) is 0 Å². The molecule has 0 radical (unpaired) electrons. The zero-order chi connectivity index (χ0) is 22.4. The quantitative estimate of drug-likeness (QED) is 0.341. The number of hydrogen-bond acceptors (Lipinski definition) is 1. The Morgan fingerprint density at radius 2 is 0.964 bits per heavy atom. The maximum atomic E-state index is 13.6. The van der Waals surface area contributed by atoms with E-state index in [1.165, 1.54) is 25.7 Å². The average molecular weight is 489 g/mol. The van der Waals surface area contributed by atoms with Gasteiger partial charge in [0.2, 0.25) is 0 Å². The van der Waals surface area contributed by atoms with E-state index in [1.54, 1.807) is 0 Å². The maximum Gasteiger partial charge on any atom is 0.300 e. The molecule has 2 bridgehead atoms. The summed E-state index contributed by atoms with van der Waals surface area (Å²) in [6.07, 6.45) is 5.50. The second kappa shape index (κ2) is 6.40. The Morgan fingerprint density at radius 3 is 1.21 bits per heavy atom. The van der Waals surface area contributed by atoms with Gasteiger partial charge in [-0.25, -0.2) is 0 Å². The van der Waals surface area contributed by atoms with Gasteiger partial charge in [0.25, 0.3) is 0 Å². The fourth-order valence-corrected chi connectivity index (χ4v) is 152. The van der Waals surface area contributed by atoms with Crippen molar-refractivity contribution in [2.24, 2.45) is 0 Å². The van der Waals surface area contributed by atoms with Crippen LogP contribution in [0.2, 0.25) is 87.1 Å². The summed E-state index contributed by atoms with van der Waals surface area (Å²) in [4.78, 5) is 13.6. The summed E-state index contributed by atoms with van der Waals surface area (Å²) in [6.45, 7) is 34.1. The monoisotopic (exact) mass is 488 g/mol. The first-order valence-electron chi connectivity index (χ1n) is 11.5. The van der Waals surface area contributed by atoms with E-state index < -0.39 is 45.5 Å². The van der Waals surface area contributed by atoms with Crippen LogP contribution in [0.5, 0.6) is 0 Å². The average Bonchev–Trinajstić information content (AvgIpc) is 2.47. The van der Waals surface area contributed by atoms with E-state index in [9.17, 15) is 9.90 Å². The first-order chi connectivity index (χ1) is 12.3. The summed E-state index contributed by atoms with van der Waals surface area (Å²) in [7, 11) is -11.1. The van der Waals surface area contributed by atoms with Crippen molar-refractivity contribution in [3.05, 3.63) is 0 Å².